The third-order valence-electron chi connectivity index (χ3n) is 9.94. The molecule has 0 saturated carbocycles. The Hall–Kier alpha value is -7.38. The number of nitrogens with zero attached hydrogens (tertiary/aromatic N) is 6. The second kappa shape index (κ2) is 17.6. The average molecular weight is 818 g/mol. The molecule has 0 amide bonds. The summed E-state index contributed by atoms with van der Waals surface area (Å²) in [6, 6.07) is 77.8. The Balaban J connectivity index is 1.19. The van der Waals surface area contributed by atoms with Crippen LogP contribution in [0, 0.1) is 0 Å². The number of hydrogen-bond donors (Lipinski definition) is 0. The summed E-state index contributed by atoms with van der Waals surface area (Å²) >= 11 is 14.0. The number of rotatable bonds is 12. The molecule has 290 valence electrons. The molecule has 0 aliphatic carbocycles. The summed E-state index contributed by atoms with van der Waals surface area (Å²) in [5, 5.41) is 0.724. The topological polar surface area (TPSA) is 38.7 Å². The van der Waals surface area contributed by atoms with E-state index in [-0.39, 0.29) is 0 Å². The van der Waals surface area contributed by atoms with Crippen LogP contribution in [0.3, 0.4) is 0 Å². The quantitative estimate of drug-likeness (QED) is 0.114. The summed E-state index contributed by atoms with van der Waals surface area (Å²) in [6.07, 6.45) is 0. The van der Waals surface area contributed by atoms with Crippen LogP contribution in [-0.4, -0.2) is 9.97 Å². The summed E-state index contributed by atoms with van der Waals surface area (Å²) in [5.74, 6) is 1.33. The van der Waals surface area contributed by atoms with Gasteiger partial charge in [-0.15, -0.1) is 0 Å². The van der Waals surface area contributed by atoms with Crippen LogP contribution in [-0.2, 0) is 0 Å². The highest BCUT2D eigenvalue weighted by Crippen LogP contribution is 2.44. The maximum Gasteiger partial charge on any atom is 0.141 e. The number of para-hydroxylation sites is 6. The first-order chi connectivity index (χ1) is 29.6. The van der Waals surface area contributed by atoms with Gasteiger partial charge in [-0.05, 0) is 103 Å². The molecule has 0 bridgehead atoms. The SMILES string of the molecule is Clc1cc(N(c2ccccc2)c2cccc(N(c3ccccc3)c3cc(N(c4ccccc4)c4ccccc4)cc(Cl)n3)c2)cc(N(c2ccccc2)c2ccccc2)n1. The van der Waals surface area contributed by atoms with E-state index >= 15 is 0 Å². The Morgan fingerprint density at radius 2 is 0.483 bits per heavy atom. The van der Waals surface area contributed by atoms with E-state index < -0.39 is 0 Å². The average Bonchev–Trinajstić information content (AvgIpc) is 3.29. The van der Waals surface area contributed by atoms with E-state index in [1.807, 2.05) is 121 Å². The van der Waals surface area contributed by atoms with Crippen LogP contribution in [0.25, 0.3) is 0 Å². The zero-order valence-electron chi connectivity index (χ0n) is 32.4. The van der Waals surface area contributed by atoms with E-state index in [0.717, 1.165) is 56.9 Å². The van der Waals surface area contributed by atoms with E-state index in [4.69, 9.17) is 33.2 Å². The van der Waals surface area contributed by atoms with Gasteiger partial charge in [-0.3, -0.25) is 9.80 Å². The Morgan fingerprint density at radius 1 is 0.233 bits per heavy atom. The molecule has 0 fully saturated rings. The van der Waals surface area contributed by atoms with Gasteiger partial charge in [0.1, 0.15) is 21.9 Å². The van der Waals surface area contributed by atoms with Crippen LogP contribution in [0.15, 0.2) is 231 Å². The molecule has 0 aliphatic heterocycles. The molecule has 60 heavy (non-hydrogen) atoms. The Kier molecular flexibility index (Phi) is 11.2. The fourth-order valence-electron chi connectivity index (χ4n) is 7.38. The molecule has 0 atom stereocenters. The number of benzene rings is 7. The monoisotopic (exact) mass is 816 g/mol. The predicted octanol–water partition coefficient (Wildman–Crippen LogP) is 15.7. The lowest BCUT2D eigenvalue weighted by Gasteiger charge is -2.31. The lowest BCUT2D eigenvalue weighted by Crippen LogP contribution is -2.16. The molecule has 7 aromatic carbocycles. The molecular formula is C52H38Cl2N6. The first kappa shape index (κ1) is 38.2. The van der Waals surface area contributed by atoms with Gasteiger partial charge in [-0.2, -0.15) is 0 Å². The zero-order valence-corrected chi connectivity index (χ0v) is 33.9. The van der Waals surface area contributed by atoms with Gasteiger partial charge in [-0.25, -0.2) is 9.97 Å². The van der Waals surface area contributed by atoms with Gasteiger partial charge in [-0.1, -0.05) is 138 Å². The number of hydrogen-bond acceptors (Lipinski definition) is 6. The first-order valence-corrected chi connectivity index (χ1v) is 20.3. The van der Waals surface area contributed by atoms with Gasteiger partial charge in [0.25, 0.3) is 0 Å². The second-order valence-electron chi connectivity index (χ2n) is 13.9. The highest BCUT2D eigenvalue weighted by Gasteiger charge is 2.23. The van der Waals surface area contributed by atoms with Crippen molar-refractivity contribution in [1.29, 1.82) is 0 Å². The van der Waals surface area contributed by atoms with E-state index in [0.29, 0.717) is 21.9 Å². The van der Waals surface area contributed by atoms with E-state index in [9.17, 15) is 0 Å². The summed E-state index contributed by atoms with van der Waals surface area (Å²) in [7, 11) is 0. The minimum Gasteiger partial charge on any atom is -0.310 e. The summed E-state index contributed by atoms with van der Waals surface area (Å²) < 4.78 is 0. The highest BCUT2D eigenvalue weighted by molar-refractivity contribution is 6.30. The van der Waals surface area contributed by atoms with Gasteiger partial charge in [0.2, 0.25) is 0 Å². The standard InChI is InChI=1S/C52H38Cl2N6/c53-49-35-47(57(39-20-7-1-8-21-39)40-22-9-2-10-23-40)37-52(56-49)60(44-30-17-6-18-31-44)46-33-19-32-45(34-46)58(41-24-11-3-12-25-41)48-36-50(54)55-51(38-48)59(42-26-13-4-14-27-42)43-28-15-5-16-29-43/h1-38H. The maximum absolute atomic E-state index is 6.98. The smallest absolute Gasteiger partial charge is 0.141 e. The summed E-state index contributed by atoms with van der Waals surface area (Å²) in [4.78, 5) is 18.5. The minimum atomic E-state index is 0.361. The molecule has 6 nitrogen and oxygen atoms in total. The van der Waals surface area contributed by atoms with Gasteiger partial charge in [0, 0.05) is 57.6 Å². The van der Waals surface area contributed by atoms with Gasteiger partial charge >= 0.3 is 0 Å². The Labute approximate surface area is 360 Å². The van der Waals surface area contributed by atoms with Crippen LogP contribution in [0.1, 0.15) is 0 Å². The fourth-order valence-corrected chi connectivity index (χ4v) is 7.78. The molecule has 0 radical (unpaired) electrons. The van der Waals surface area contributed by atoms with Crippen molar-refractivity contribution in [1.82, 2.24) is 9.97 Å². The van der Waals surface area contributed by atoms with E-state index in [1.54, 1.807) is 0 Å². The van der Waals surface area contributed by atoms with Crippen molar-refractivity contribution in [3.8, 4) is 0 Å². The zero-order chi connectivity index (χ0) is 40.7. The largest absolute Gasteiger partial charge is 0.310 e. The van der Waals surface area contributed by atoms with Gasteiger partial charge < -0.3 is 9.80 Å². The van der Waals surface area contributed by atoms with Gasteiger partial charge in [0.05, 0.1) is 11.4 Å². The molecule has 0 unspecified atom stereocenters. The van der Waals surface area contributed by atoms with Crippen molar-refractivity contribution >= 4 is 91.7 Å². The van der Waals surface area contributed by atoms with Crippen LogP contribution in [0.5, 0.6) is 0 Å². The summed E-state index contributed by atoms with van der Waals surface area (Å²) in [6.45, 7) is 0. The summed E-state index contributed by atoms with van der Waals surface area (Å²) in [5.41, 5.74) is 9.26. The van der Waals surface area contributed by atoms with Crippen LogP contribution >= 0.6 is 23.2 Å². The third-order valence-corrected chi connectivity index (χ3v) is 10.3. The first-order valence-electron chi connectivity index (χ1n) is 19.6. The molecule has 8 heteroatoms. The predicted molar refractivity (Wildman–Crippen MR) is 251 cm³/mol. The fraction of sp³-hybridized carbons (Fsp3) is 0. The number of anilines is 12. The second-order valence-corrected chi connectivity index (χ2v) is 14.7. The normalized spacial score (nSPS) is 10.8. The highest BCUT2D eigenvalue weighted by atomic mass is 35.5. The van der Waals surface area contributed by atoms with Gasteiger partial charge in [0.15, 0.2) is 0 Å². The van der Waals surface area contributed by atoms with Crippen LogP contribution in [0.2, 0.25) is 10.3 Å². The number of aromatic nitrogens is 2. The minimum absolute atomic E-state index is 0.361. The van der Waals surface area contributed by atoms with E-state index in [1.165, 1.54) is 0 Å². The maximum atomic E-state index is 6.98. The molecule has 0 aliphatic rings. The molecule has 9 aromatic rings. The van der Waals surface area contributed by atoms with Crippen molar-refractivity contribution in [2.75, 3.05) is 19.6 Å². The van der Waals surface area contributed by atoms with Crippen molar-refractivity contribution in [2.24, 2.45) is 0 Å². The van der Waals surface area contributed by atoms with Crippen molar-refractivity contribution in [3.05, 3.63) is 241 Å². The molecule has 0 spiro atoms. The molecule has 2 aromatic heterocycles. The van der Waals surface area contributed by atoms with Crippen LogP contribution in [0.4, 0.5) is 68.5 Å². The Morgan fingerprint density at radius 3 is 0.817 bits per heavy atom. The van der Waals surface area contributed by atoms with Crippen LogP contribution < -0.4 is 19.6 Å². The lowest BCUT2D eigenvalue weighted by molar-refractivity contribution is 1.15. The number of halogens is 2. The number of pyridine rings is 2. The third kappa shape index (κ3) is 8.29. The molecule has 0 N–H and O–H groups in total. The van der Waals surface area contributed by atoms with Crippen molar-refractivity contribution in [3.63, 3.8) is 0 Å². The lowest BCUT2D eigenvalue weighted by atomic mass is 10.1. The molecule has 9 rings (SSSR count). The van der Waals surface area contributed by atoms with Crippen molar-refractivity contribution in [2.45, 2.75) is 0 Å². The molecule has 2 heterocycles. The molecule has 0 saturated heterocycles. The molecular weight excluding hydrogens is 780 g/mol. The van der Waals surface area contributed by atoms with E-state index in [2.05, 4.69) is 129 Å². The Bertz CT molecular complexity index is 2530. The van der Waals surface area contributed by atoms with Crippen molar-refractivity contribution < 1.29 is 0 Å².